The first-order valence-corrected chi connectivity index (χ1v) is 7.79. The number of amides is 1. The molecule has 2 atom stereocenters. The summed E-state index contributed by atoms with van der Waals surface area (Å²) in [5.41, 5.74) is 2.30. The average molecular weight is 266 g/mol. The van der Waals surface area contributed by atoms with Gasteiger partial charge < -0.3 is 10.6 Å². The van der Waals surface area contributed by atoms with E-state index in [4.69, 9.17) is 0 Å². The first kappa shape index (κ1) is 13.1. The Balaban J connectivity index is 1.88. The number of benzene rings is 1. The average Bonchev–Trinajstić information content (AvgIpc) is 2.37. The summed E-state index contributed by atoms with van der Waals surface area (Å²) in [6, 6.07) is 8.05. The minimum Gasteiger partial charge on any atom is -0.384 e. The van der Waals surface area contributed by atoms with Crippen molar-refractivity contribution in [1.29, 1.82) is 0 Å². The van der Waals surface area contributed by atoms with Gasteiger partial charge in [-0.1, -0.05) is 18.2 Å². The molecule has 0 saturated carbocycles. The lowest BCUT2D eigenvalue weighted by molar-refractivity contribution is -0.124. The quantitative estimate of drug-likeness (QED) is 0.846. The van der Waals surface area contributed by atoms with Crippen molar-refractivity contribution < 1.29 is 9.00 Å². The number of anilines is 1. The van der Waals surface area contributed by atoms with Crippen molar-refractivity contribution in [1.82, 2.24) is 5.32 Å². The van der Waals surface area contributed by atoms with E-state index in [2.05, 4.69) is 10.6 Å². The Morgan fingerprint density at radius 2 is 2.28 bits per heavy atom. The van der Waals surface area contributed by atoms with E-state index in [0.29, 0.717) is 18.8 Å². The zero-order valence-electron chi connectivity index (χ0n) is 10.4. The Bertz CT molecular complexity index is 462. The maximum absolute atomic E-state index is 11.9. The molecule has 18 heavy (non-hydrogen) atoms. The summed E-state index contributed by atoms with van der Waals surface area (Å²) < 4.78 is 10.9. The number of hydrogen-bond acceptors (Lipinski definition) is 3. The predicted octanol–water partition coefficient (Wildman–Crippen LogP) is 0.765. The lowest BCUT2D eigenvalue weighted by Gasteiger charge is -2.25. The standard InChI is InChI=1S/C13H18N2O2S/c1-18(17)7-6-14-13(16)11-8-10-4-2-3-5-12(10)15-9-11/h2-5,11,15H,6-9H2,1H3,(H,14,16). The fourth-order valence-corrected chi connectivity index (χ4v) is 2.48. The van der Waals surface area contributed by atoms with Crippen molar-refractivity contribution in [2.24, 2.45) is 5.92 Å². The van der Waals surface area contributed by atoms with Gasteiger partial charge in [0.2, 0.25) is 5.91 Å². The van der Waals surface area contributed by atoms with E-state index >= 15 is 0 Å². The van der Waals surface area contributed by atoms with Crippen LogP contribution in [0.1, 0.15) is 5.56 Å². The van der Waals surface area contributed by atoms with Crippen molar-refractivity contribution in [3.8, 4) is 0 Å². The van der Waals surface area contributed by atoms with Gasteiger partial charge in [0.25, 0.3) is 0 Å². The molecule has 0 aromatic heterocycles. The molecular formula is C13H18N2O2S. The highest BCUT2D eigenvalue weighted by Gasteiger charge is 2.23. The summed E-state index contributed by atoms with van der Waals surface area (Å²) >= 11 is 0. The molecule has 1 amide bonds. The molecule has 1 aliphatic heterocycles. The van der Waals surface area contributed by atoms with Crippen molar-refractivity contribution in [3.63, 3.8) is 0 Å². The second-order valence-electron chi connectivity index (χ2n) is 4.51. The Kier molecular flexibility index (Phi) is 4.36. The minimum absolute atomic E-state index is 0.0369. The Morgan fingerprint density at radius 1 is 1.50 bits per heavy atom. The SMILES string of the molecule is CS(=O)CCNC(=O)C1CNc2ccccc2C1. The van der Waals surface area contributed by atoms with Crippen LogP contribution in [0.25, 0.3) is 0 Å². The first-order chi connectivity index (χ1) is 8.66. The summed E-state index contributed by atoms with van der Waals surface area (Å²) in [7, 11) is -0.854. The fraction of sp³-hybridized carbons (Fsp3) is 0.462. The molecule has 0 spiro atoms. The number of carbonyl (C=O) groups is 1. The fourth-order valence-electron chi connectivity index (χ4n) is 2.09. The van der Waals surface area contributed by atoms with Crippen LogP contribution >= 0.6 is 0 Å². The zero-order chi connectivity index (χ0) is 13.0. The Hall–Kier alpha value is -1.36. The third-order valence-corrected chi connectivity index (χ3v) is 3.86. The monoisotopic (exact) mass is 266 g/mol. The van der Waals surface area contributed by atoms with Gasteiger partial charge in [0.1, 0.15) is 0 Å². The van der Waals surface area contributed by atoms with E-state index in [-0.39, 0.29) is 11.8 Å². The van der Waals surface area contributed by atoms with E-state index in [1.807, 2.05) is 24.3 Å². The second kappa shape index (κ2) is 6.00. The highest BCUT2D eigenvalue weighted by atomic mass is 32.2. The third kappa shape index (κ3) is 3.32. The number of carbonyl (C=O) groups excluding carboxylic acids is 1. The normalized spacial score (nSPS) is 19.5. The van der Waals surface area contributed by atoms with Crippen LogP contribution < -0.4 is 10.6 Å². The summed E-state index contributed by atoms with van der Waals surface area (Å²) in [5, 5.41) is 6.11. The molecule has 0 radical (unpaired) electrons. The van der Waals surface area contributed by atoms with Gasteiger partial charge in [-0.25, -0.2) is 0 Å². The summed E-state index contributed by atoms with van der Waals surface area (Å²) in [6.07, 6.45) is 2.41. The highest BCUT2D eigenvalue weighted by molar-refractivity contribution is 7.84. The summed E-state index contributed by atoms with van der Waals surface area (Å²) in [6.45, 7) is 1.15. The molecule has 1 heterocycles. The van der Waals surface area contributed by atoms with Crippen LogP contribution in [0.3, 0.4) is 0 Å². The lowest BCUT2D eigenvalue weighted by atomic mass is 9.93. The molecule has 1 aromatic rings. The van der Waals surface area contributed by atoms with Crippen LogP contribution in [0.4, 0.5) is 5.69 Å². The molecule has 0 bridgehead atoms. The van der Waals surface area contributed by atoms with Gasteiger partial charge in [0, 0.05) is 41.6 Å². The molecule has 0 fully saturated rings. The van der Waals surface area contributed by atoms with E-state index in [1.54, 1.807) is 6.26 Å². The number of para-hydroxylation sites is 1. The minimum atomic E-state index is -0.854. The molecule has 2 N–H and O–H groups in total. The molecule has 0 aliphatic carbocycles. The molecular weight excluding hydrogens is 248 g/mol. The zero-order valence-corrected chi connectivity index (χ0v) is 11.3. The number of nitrogens with one attached hydrogen (secondary N) is 2. The van der Waals surface area contributed by atoms with Crippen LogP contribution in [-0.4, -0.2) is 35.2 Å². The number of rotatable bonds is 4. The van der Waals surface area contributed by atoms with E-state index < -0.39 is 10.8 Å². The van der Waals surface area contributed by atoms with Crippen molar-refractivity contribution in [2.45, 2.75) is 6.42 Å². The molecule has 0 saturated heterocycles. The number of fused-ring (bicyclic) bond motifs is 1. The molecule has 5 heteroatoms. The highest BCUT2D eigenvalue weighted by Crippen LogP contribution is 2.24. The maximum atomic E-state index is 11.9. The van der Waals surface area contributed by atoms with Gasteiger partial charge in [-0.2, -0.15) is 0 Å². The third-order valence-electron chi connectivity index (χ3n) is 3.08. The van der Waals surface area contributed by atoms with Crippen LogP contribution in [0.5, 0.6) is 0 Å². The smallest absolute Gasteiger partial charge is 0.225 e. The van der Waals surface area contributed by atoms with Crippen LogP contribution in [0, 0.1) is 5.92 Å². The largest absolute Gasteiger partial charge is 0.384 e. The molecule has 2 unspecified atom stereocenters. The topological polar surface area (TPSA) is 58.2 Å². The van der Waals surface area contributed by atoms with E-state index in [0.717, 1.165) is 12.1 Å². The van der Waals surface area contributed by atoms with Crippen LogP contribution in [0.2, 0.25) is 0 Å². The van der Waals surface area contributed by atoms with Gasteiger partial charge in [-0.3, -0.25) is 9.00 Å². The summed E-state index contributed by atoms with van der Waals surface area (Å²) in [4.78, 5) is 11.9. The van der Waals surface area contributed by atoms with E-state index in [9.17, 15) is 9.00 Å². The first-order valence-electron chi connectivity index (χ1n) is 6.06. The molecule has 1 aliphatic rings. The Morgan fingerprint density at radius 3 is 3.06 bits per heavy atom. The molecule has 98 valence electrons. The van der Waals surface area contributed by atoms with Crippen LogP contribution in [-0.2, 0) is 22.0 Å². The predicted molar refractivity (Wildman–Crippen MR) is 74.1 cm³/mol. The molecule has 1 aromatic carbocycles. The lowest BCUT2D eigenvalue weighted by Crippen LogP contribution is -2.39. The maximum Gasteiger partial charge on any atom is 0.225 e. The molecule has 2 rings (SSSR count). The van der Waals surface area contributed by atoms with Gasteiger partial charge in [0.15, 0.2) is 0 Å². The molecule has 4 nitrogen and oxygen atoms in total. The van der Waals surface area contributed by atoms with Gasteiger partial charge >= 0.3 is 0 Å². The van der Waals surface area contributed by atoms with Crippen molar-refractivity contribution in [3.05, 3.63) is 29.8 Å². The van der Waals surface area contributed by atoms with Gasteiger partial charge in [0.05, 0.1) is 5.92 Å². The number of hydrogen-bond donors (Lipinski definition) is 2. The van der Waals surface area contributed by atoms with E-state index in [1.165, 1.54) is 5.56 Å². The van der Waals surface area contributed by atoms with Gasteiger partial charge in [-0.15, -0.1) is 0 Å². The van der Waals surface area contributed by atoms with Crippen molar-refractivity contribution >= 4 is 22.4 Å². The summed E-state index contributed by atoms with van der Waals surface area (Å²) in [5.74, 6) is 0.523. The van der Waals surface area contributed by atoms with Crippen molar-refractivity contribution in [2.75, 3.05) is 30.4 Å². The van der Waals surface area contributed by atoms with Gasteiger partial charge in [-0.05, 0) is 18.1 Å². The van der Waals surface area contributed by atoms with Crippen LogP contribution in [0.15, 0.2) is 24.3 Å². The Labute approximate surface area is 110 Å². The second-order valence-corrected chi connectivity index (χ2v) is 6.06.